The summed E-state index contributed by atoms with van der Waals surface area (Å²) in [5.41, 5.74) is 10.7. The summed E-state index contributed by atoms with van der Waals surface area (Å²) in [7, 11) is 0. The fourth-order valence-electron chi connectivity index (χ4n) is 0.488. The number of hydrogen-bond acceptors (Lipinski definition) is 4. The molecule has 0 saturated heterocycles. The minimum atomic E-state index is -0.422. The first-order valence-electron chi connectivity index (χ1n) is 3.45. The lowest BCUT2D eigenvalue weighted by Crippen LogP contribution is -2.31. The number of rotatable bonds is 5. The van der Waals surface area contributed by atoms with Crippen LogP contribution in [0.2, 0.25) is 0 Å². The Kier molecular flexibility index (Phi) is 5.42. The fourth-order valence-corrected chi connectivity index (χ4v) is 0.488. The lowest BCUT2D eigenvalue weighted by molar-refractivity contribution is -0.137. The Balaban J connectivity index is 3.26. The fraction of sp³-hybridized carbons (Fsp3) is 0.571. The van der Waals surface area contributed by atoms with Gasteiger partial charge in [-0.15, -0.1) is 0 Å². The van der Waals surface area contributed by atoms with E-state index >= 15 is 0 Å². The Bertz CT molecular complexity index is 136. The molecule has 0 aromatic rings. The quantitative estimate of drug-likeness (QED) is 0.413. The third-order valence-electron chi connectivity index (χ3n) is 1.20. The van der Waals surface area contributed by atoms with Crippen molar-refractivity contribution in [2.24, 2.45) is 11.5 Å². The first-order chi connectivity index (χ1) is 5.20. The van der Waals surface area contributed by atoms with Crippen molar-refractivity contribution in [3.05, 3.63) is 12.7 Å². The number of ether oxygens (including phenoxy) is 1. The molecule has 1 unspecified atom stereocenters. The Morgan fingerprint density at radius 2 is 2.36 bits per heavy atom. The minimum absolute atomic E-state index is 0.0902. The van der Waals surface area contributed by atoms with Crippen LogP contribution in [0, 0.1) is 0 Å². The highest BCUT2D eigenvalue weighted by molar-refractivity contribution is 5.81. The van der Waals surface area contributed by atoms with E-state index in [9.17, 15) is 4.79 Å². The molecule has 0 heterocycles. The van der Waals surface area contributed by atoms with Crippen LogP contribution in [0.1, 0.15) is 6.42 Å². The van der Waals surface area contributed by atoms with Crippen molar-refractivity contribution in [2.75, 3.05) is 13.2 Å². The van der Waals surface area contributed by atoms with Crippen LogP contribution in [0.3, 0.4) is 0 Å². The van der Waals surface area contributed by atoms with Crippen LogP contribution in [0.4, 0.5) is 0 Å². The molecule has 0 radical (unpaired) electrons. The third-order valence-corrected chi connectivity index (χ3v) is 1.20. The van der Waals surface area contributed by atoms with Crippen LogP contribution in [0.15, 0.2) is 12.7 Å². The number of carbonyl (C=O) groups is 1. The van der Waals surface area contributed by atoms with Crippen molar-refractivity contribution >= 4 is 5.97 Å². The van der Waals surface area contributed by atoms with Gasteiger partial charge in [0.15, 0.2) is 0 Å². The van der Waals surface area contributed by atoms with Gasteiger partial charge in [0, 0.05) is 18.7 Å². The minimum Gasteiger partial charge on any atom is -0.462 e. The zero-order valence-corrected chi connectivity index (χ0v) is 6.45. The van der Waals surface area contributed by atoms with Crippen molar-refractivity contribution in [3.8, 4) is 0 Å². The van der Waals surface area contributed by atoms with E-state index in [1.165, 1.54) is 0 Å². The summed E-state index contributed by atoms with van der Waals surface area (Å²) in [6.07, 6.45) is 1.71. The van der Waals surface area contributed by atoms with Crippen LogP contribution in [-0.2, 0) is 9.53 Å². The molecule has 0 aliphatic carbocycles. The van der Waals surface area contributed by atoms with Crippen molar-refractivity contribution in [2.45, 2.75) is 12.5 Å². The van der Waals surface area contributed by atoms with Gasteiger partial charge < -0.3 is 16.2 Å². The van der Waals surface area contributed by atoms with Crippen molar-refractivity contribution in [1.29, 1.82) is 0 Å². The standard InChI is InChI=1S/C7H14N2O2/c1-2-7(10)11-4-3-6(9)5-8/h2,6H,1,3-5,8-9H2. The summed E-state index contributed by atoms with van der Waals surface area (Å²) in [5, 5.41) is 0. The topological polar surface area (TPSA) is 78.3 Å². The molecule has 0 aliphatic rings. The predicted molar refractivity (Wildman–Crippen MR) is 42.8 cm³/mol. The van der Waals surface area contributed by atoms with E-state index in [4.69, 9.17) is 11.5 Å². The Labute approximate surface area is 66.2 Å². The van der Waals surface area contributed by atoms with Crippen LogP contribution < -0.4 is 11.5 Å². The molecule has 0 saturated carbocycles. The molecule has 1 atom stereocenters. The van der Waals surface area contributed by atoms with Crippen molar-refractivity contribution in [1.82, 2.24) is 0 Å². The maximum absolute atomic E-state index is 10.5. The monoisotopic (exact) mass is 158 g/mol. The molecule has 4 nitrogen and oxygen atoms in total. The van der Waals surface area contributed by atoms with Gasteiger partial charge in [-0.05, 0) is 6.42 Å². The summed E-state index contributed by atoms with van der Waals surface area (Å²) in [6.45, 7) is 3.97. The maximum atomic E-state index is 10.5. The summed E-state index contributed by atoms with van der Waals surface area (Å²) in [5.74, 6) is -0.422. The van der Waals surface area contributed by atoms with Crippen LogP contribution in [-0.4, -0.2) is 25.2 Å². The summed E-state index contributed by atoms with van der Waals surface area (Å²) in [4.78, 5) is 10.5. The molecule has 0 amide bonds. The van der Waals surface area contributed by atoms with E-state index in [1.54, 1.807) is 0 Å². The van der Waals surface area contributed by atoms with E-state index in [1.807, 2.05) is 0 Å². The van der Waals surface area contributed by atoms with E-state index in [0.29, 0.717) is 19.6 Å². The molecule has 0 aromatic heterocycles. The van der Waals surface area contributed by atoms with Crippen LogP contribution in [0.25, 0.3) is 0 Å². The van der Waals surface area contributed by atoms with E-state index < -0.39 is 5.97 Å². The Hall–Kier alpha value is -0.870. The zero-order valence-electron chi connectivity index (χ0n) is 6.45. The number of nitrogens with two attached hydrogens (primary N) is 2. The maximum Gasteiger partial charge on any atom is 0.330 e. The smallest absolute Gasteiger partial charge is 0.330 e. The zero-order chi connectivity index (χ0) is 8.69. The summed E-state index contributed by atoms with van der Waals surface area (Å²) in [6, 6.07) is -0.0902. The molecule has 0 spiro atoms. The summed E-state index contributed by atoms with van der Waals surface area (Å²) < 4.78 is 4.67. The molecule has 0 fully saturated rings. The lowest BCUT2D eigenvalue weighted by Gasteiger charge is -2.07. The van der Waals surface area contributed by atoms with E-state index in [0.717, 1.165) is 6.08 Å². The first-order valence-corrected chi connectivity index (χ1v) is 3.45. The number of esters is 1. The largest absolute Gasteiger partial charge is 0.462 e. The van der Waals surface area contributed by atoms with Gasteiger partial charge in [0.1, 0.15) is 0 Å². The van der Waals surface area contributed by atoms with E-state index in [2.05, 4.69) is 11.3 Å². The lowest BCUT2D eigenvalue weighted by atomic mass is 10.2. The molecule has 11 heavy (non-hydrogen) atoms. The van der Waals surface area contributed by atoms with Gasteiger partial charge in [0.2, 0.25) is 0 Å². The van der Waals surface area contributed by atoms with Gasteiger partial charge in [0.25, 0.3) is 0 Å². The second-order valence-corrected chi connectivity index (χ2v) is 2.16. The molecule has 0 bridgehead atoms. The highest BCUT2D eigenvalue weighted by Gasteiger charge is 2.00. The SMILES string of the molecule is C=CC(=O)OCCC(N)CN. The van der Waals surface area contributed by atoms with Crippen LogP contribution in [0.5, 0.6) is 0 Å². The van der Waals surface area contributed by atoms with Gasteiger partial charge in [-0.25, -0.2) is 4.79 Å². The second kappa shape index (κ2) is 5.88. The van der Waals surface area contributed by atoms with E-state index in [-0.39, 0.29) is 6.04 Å². The average Bonchev–Trinajstić information content (AvgIpc) is 2.04. The number of hydrogen-bond donors (Lipinski definition) is 2. The Morgan fingerprint density at radius 1 is 1.73 bits per heavy atom. The highest BCUT2D eigenvalue weighted by Crippen LogP contribution is 1.88. The van der Waals surface area contributed by atoms with Crippen LogP contribution >= 0.6 is 0 Å². The molecule has 4 heteroatoms. The van der Waals surface area contributed by atoms with Crippen molar-refractivity contribution in [3.63, 3.8) is 0 Å². The Morgan fingerprint density at radius 3 is 2.82 bits per heavy atom. The normalized spacial score (nSPS) is 12.2. The summed E-state index contributed by atoms with van der Waals surface area (Å²) >= 11 is 0. The highest BCUT2D eigenvalue weighted by atomic mass is 16.5. The van der Waals surface area contributed by atoms with Gasteiger partial charge >= 0.3 is 5.97 Å². The first kappa shape index (κ1) is 10.1. The van der Waals surface area contributed by atoms with Gasteiger partial charge in [-0.1, -0.05) is 6.58 Å². The van der Waals surface area contributed by atoms with Crippen molar-refractivity contribution < 1.29 is 9.53 Å². The molecule has 0 aromatic carbocycles. The third kappa shape index (κ3) is 5.57. The second-order valence-electron chi connectivity index (χ2n) is 2.16. The molecule has 4 N–H and O–H groups in total. The van der Waals surface area contributed by atoms with Gasteiger partial charge in [-0.2, -0.15) is 0 Å². The molecular formula is C7H14N2O2. The molecule has 0 aliphatic heterocycles. The molecule has 64 valence electrons. The van der Waals surface area contributed by atoms with Gasteiger partial charge in [-0.3, -0.25) is 0 Å². The average molecular weight is 158 g/mol. The molecule has 0 rings (SSSR count). The number of carbonyl (C=O) groups excluding carboxylic acids is 1. The predicted octanol–water partition coefficient (Wildman–Crippen LogP) is -0.608. The van der Waals surface area contributed by atoms with Gasteiger partial charge in [0.05, 0.1) is 6.61 Å². The molecular weight excluding hydrogens is 144 g/mol.